The van der Waals surface area contributed by atoms with Gasteiger partial charge in [-0.2, -0.15) is 4.68 Å². The monoisotopic (exact) mass is 442 g/mol. The Bertz CT molecular complexity index is 1010. The second-order valence-corrected chi connectivity index (χ2v) is 8.02. The molecular weight excluding hydrogens is 425 g/mol. The molecule has 3 aromatic rings. The number of amides is 1. The summed E-state index contributed by atoms with van der Waals surface area (Å²) >= 11 is 1.04. The summed E-state index contributed by atoms with van der Waals surface area (Å²) < 4.78 is 47.0. The fourth-order valence-electron chi connectivity index (χ4n) is 2.21. The van der Waals surface area contributed by atoms with Gasteiger partial charge in [0.15, 0.2) is 0 Å². The highest BCUT2D eigenvalue weighted by atomic mass is 32.2. The van der Waals surface area contributed by atoms with Gasteiger partial charge in [0, 0.05) is 11.5 Å². The summed E-state index contributed by atoms with van der Waals surface area (Å²) in [5.74, 6) is -0.527. The van der Waals surface area contributed by atoms with Gasteiger partial charge in [-0.3, -0.25) is 10.1 Å². The van der Waals surface area contributed by atoms with Crippen molar-refractivity contribution in [3.8, 4) is 11.4 Å². The molecule has 0 saturated carbocycles. The molecule has 0 aliphatic rings. The van der Waals surface area contributed by atoms with Crippen molar-refractivity contribution in [1.29, 1.82) is 0 Å². The molecule has 0 aliphatic carbocycles. The number of nitrogens with zero attached hydrogens (tertiary/aromatic N) is 5. The number of tetrazole rings is 1. The fraction of sp³-hybridized carbons (Fsp3) is 0.353. The first-order chi connectivity index (χ1) is 14.0. The molecule has 0 fully saturated rings. The quantitative estimate of drug-likeness (QED) is 0.577. The van der Waals surface area contributed by atoms with Crippen molar-refractivity contribution >= 4 is 23.6 Å². The van der Waals surface area contributed by atoms with Crippen molar-refractivity contribution in [3.05, 3.63) is 36.0 Å². The van der Waals surface area contributed by atoms with Crippen LogP contribution in [0.15, 0.2) is 40.0 Å². The summed E-state index contributed by atoms with van der Waals surface area (Å²) in [7, 11) is 0. The van der Waals surface area contributed by atoms with E-state index in [0.717, 1.165) is 23.9 Å². The predicted molar refractivity (Wildman–Crippen MR) is 100 cm³/mol. The summed E-state index contributed by atoms with van der Waals surface area (Å²) in [6.45, 7) is 5.90. The molecule has 9 nitrogen and oxygen atoms in total. The average molecular weight is 442 g/mol. The number of rotatable bonds is 6. The minimum Gasteiger partial charge on any atom is -0.406 e. The first-order valence-corrected chi connectivity index (χ1v) is 9.54. The molecule has 1 amide bonds. The van der Waals surface area contributed by atoms with Crippen LogP contribution in [0.3, 0.4) is 0 Å². The number of carbonyl (C=O) groups is 1. The topological polar surface area (TPSA) is 108 Å². The molecule has 2 heterocycles. The van der Waals surface area contributed by atoms with Gasteiger partial charge >= 0.3 is 6.36 Å². The minimum absolute atomic E-state index is 0.0266. The van der Waals surface area contributed by atoms with E-state index in [1.54, 1.807) is 6.07 Å². The number of halogens is 3. The maximum absolute atomic E-state index is 12.3. The predicted octanol–water partition coefficient (Wildman–Crippen LogP) is 3.58. The Labute approximate surface area is 172 Å². The van der Waals surface area contributed by atoms with Crippen molar-refractivity contribution in [2.45, 2.75) is 37.7 Å². The first kappa shape index (κ1) is 21.6. The number of hydrogen-bond acceptors (Lipinski definition) is 8. The number of nitrogens with one attached hydrogen (secondary N) is 1. The molecule has 0 atom stereocenters. The molecule has 0 bridgehead atoms. The molecule has 0 aliphatic heterocycles. The minimum atomic E-state index is -4.78. The molecule has 0 radical (unpaired) electrons. The van der Waals surface area contributed by atoms with Crippen LogP contribution in [0.2, 0.25) is 0 Å². The van der Waals surface area contributed by atoms with Crippen LogP contribution in [-0.4, -0.2) is 43.4 Å². The SMILES string of the molecule is CC(C)(C)c1cc(NC(=O)CSc2nnnn2-c2ccc(OC(F)(F)F)cc2)on1. The second kappa shape index (κ2) is 8.34. The number of benzene rings is 1. The lowest BCUT2D eigenvalue weighted by Crippen LogP contribution is -2.17. The molecule has 0 saturated heterocycles. The van der Waals surface area contributed by atoms with E-state index in [-0.39, 0.29) is 33.9 Å². The van der Waals surface area contributed by atoms with Crippen molar-refractivity contribution < 1.29 is 27.2 Å². The zero-order valence-electron chi connectivity index (χ0n) is 16.1. The Morgan fingerprint density at radius 3 is 2.53 bits per heavy atom. The van der Waals surface area contributed by atoms with Gasteiger partial charge in [0.25, 0.3) is 0 Å². The Morgan fingerprint density at radius 2 is 1.93 bits per heavy atom. The summed E-state index contributed by atoms with van der Waals surface area (Å²) in [5, 5.41) is 18.0. The third-order valence-electron chi connectivity index (χ3n) is 3.63. The number of ether oxygens (including phenoxy) is 1. The van der Waals surface area contributed by atoms with Crippen LogP contribution in [-0.2, 0) is 10.2 Å². The smallest absolute Gasteiger partial charge is 0.406 e. The summed E-state index contributed by atoms with van der Waals surface area (Å²) in [6.07, 6.45) is -4.78. The van der Waals surface area contributed by atoms with Crippen molar-refractivity contribution in [1.82, 2.24) is 25.4 Å². The molecule has 160 valence electrons. The number of anilines is 1. The van der Waals surface area contributed by atoms with Gasteiger partial charge < -0.3 is 9.26 Å². The Hall–Kier alpha value is -3.09. The Morgan fingerprint density at radius 1 is 1.23 bits per heavy atom. The largest absolute Gasteiger partial charge is 0.573 e. The molecular formula is C17H17F3N6O3S. The van der Waals surface area contributed by atoms with Gasteiger partial charge in [0.1, 0.15) is 5.75 Å². The zero-order valence-corrected chi connectivity index (χ0v) is 16.9. The van der Waals surface area contributed by atoms with Crippen molar-refractivity contribution in [2.75, 3.05) is 11.1 Å². The highest BCUT2D eigenvalue weighted by molar-refractivity contribution is 7.99. The van der Waals surface area contributed by atoms with Crippen molar-refractivity contribution in [2.24, 2.45) is 0 Å². The van der Waals surface area contributed by atoms with Crippen LogP contribution in [0.1, 0.15) is 26.5 Å². The Balaban J connectivity index is 1.60. The lowest BCUT2D eigenvalue weighted by atomic mass is 9.92. The lowest BCUT2D eigenvalue weighted by Gasteiger charge is -2.12. The highest BCUT2D eigenvalue weighted by Crippen LogP contribution is 2.26. The van der Waals surface area contributed by atoms with E-state index in [1.807, 2.05) is 20.8 Å². The van der Waals surface area contributed by atoms with Crippen LogP contribution in [0.4, 0.5) is 19.1 Å². The molecule has 13 heteroatoms. The normalized spacial score (nSPS) is 12.1. The summed E-state index contributed by atoms with van der Waals surface area (Å²) in [5.41, 5.74) is 0.888. The molecule has 3 rings (SSSR count). The molecule has 0 unspecified atom stereocenters. The highest BCUT2D eigenvalue weighted by Gasteiger charge is 2.31. The zero-order chi connectivity index (χ0) is 21.9. The van der Waals surface area contributed by atoms with E-state index in [0.29, 0.717) is 11.4 Å². The Kier molecular flexibility index (Phi) is 6.01. The van der Waals surface area contributed by atoms with Crippen LogP contribution in [0, 0.1) is 0 Å². The van der Waals surface area contributed by atoms with Gasteiger partial charge in [-0.15, -0.1) is 18.3 Å². The van der Waals surface area contributed by atoms with Crippen LogP contribution in [0.5, 0.6) is 5.75 Å². The molecule has 2 aromatic heterocycles. The van der Waals surface area contributed by atoms with E-state index in [9.17, 15) is 18.0 Å². The van der Waals surface area contributed by atoms with E-state index >= 15 is 0 Å². The molecule has 1 aromatic carbocycles. The van der Waals surface area contributed by atoms with E-state index in [4.69, 9.17) is 4.52 Å². The van der Waals surface area contributed by atoms with Crippen LogP contribution < -0.4 is 10.1 Å². The molecule has 30 heavy (non-hydrogen) atoms. The maximum Gasteiger partial charge on any atom is 0.573 e. The number of aromatic nitrogens is 5. The van der Waals surface area contributed by atoms with E-state index in [2.05, 4.69) is 30.7 Å². The number of alkyl halides is 3. The van der Waals surface area contributed by atoms with Gasteiger partial charge in [-0.25, -0.2) is 0 Å². The number of thioether (sulfide) groups is 1. The summed E-state index contributed by atoms with van der Waals surface area (Å²) in [6, 6.07) is 6.66. The lowest BCUT2D eigenvalue weighted by molar-refractivity contribution is -0.274. The van der Waals surface area contributed by atoms with Gasteiger partial charge in [-0.05, 0) is 34.7 Å². The van der Waals surface area contributed by atoms with Crippen molar-refractivity contribution in [3.63, 3.8) is 0 Å². The second-order valence-electron chi connectivity index (χ2n) is 7.08. The fourth-order valence-corrected chi connectivity index (χ4v) is 2.90. The van der Waals surface area contributed by atoms with Gasteiger partial charge in [0.2, 0.25) is 16.9 Å². The van der Waals surface area contributed by atoms with Crippen LogP contribution in [0.25, 0.3) is 5.69 Å². The van der Waals surface area contributed by atoms with E-state index in [1.165, 1.54) is 16.8 Å². The molecule has 1 N–H and O–H groups in total. The maximum atomic E-state index is 12.3. The van der Waals surface area contributed by atoms with Crippen LogP contribution >= 0.6 is 11.8 Å². The van der Waals surface area contributed by atoms with E-state index < -0.39 is 6.36 Å². The number of carbonyl (C=O) groups excluding carboxylic acids is 1. The average Bonchev–Trinajstić information content (AvgIpc) is 3.28. The first-order valence-electron chi connectivity index (χ1n) is 8.56. The standard InChI is InChI=1S/C17H17F3N6O3S/c1-16(2,3)12-8-14(29-23-12)21-13(27)9-30-15-22-24-25-26(15)10-4-6-11(7-5-10)28-17(18,19)20/h4-8H,9H2,1-3H3,(H,21,27). The molecule has 0 spiro atoms. The number of hydrogen-bond donors (Lipinski definition) is 1. The summed E-state index contributed by atoms with van der Waals surface area (Å²) in [4.78, 5) is 12.2. The van der Waals surface area contributed by atoms with Gasteiger partial charge in [-0.1, -0.05) is 37.7 Å². The third-order valence-corrected chi connectivity index (χ3v) is 4.55. The third kappa shape index (κ3) is 5.72. The van der Waals surface area contributed by atoms with Gasteiger partial charge in [0.05, 0.1) is 17.1 Å².